The van der Waals surface area contributed by atoms with Crippen LogP contribution in [0.2, 0.25) is 0 Å². The van der Waals surface area contributed by atoms with Gasteiger partial charge in [0.15, 0.2) is 12.2 Å². The highest BCUT2D eigenvalue weighted by molar-refractivity contribution is 7.92. The lowest BCUT2D eigenvalue weighted by Crippen LogP contribution is -2.46. The fraction of sp³-hybridized carbons (Fsp3) is 0.462. The van der Waals surface area contributed by atoms with Crippen LogP contribution < -0.4 is 11.0 Å². The Bertz CT molecular complexity index is 1140. The molecule has 2 fully saturated rings. The molecule has 0 aliphatic carbocycles. The number of carbonyl (C=O) groups excluding carboxylic acids is 1. The van der Waals surface area contributed by atoms with Crippen molar-refractivity contribution < 1.29 is 8.98 Å². The van der Waals surface area contributed by atoms with Crippen molar-refractivity contribution >= 4 is 18.1 Å². The second-order valence-corrected chi connectivity index (χ2v) is 9.80. The number of rotatable bonds is 8. The van der Waals surface area contributed by atoms with E-state index >= 15 is 0 Å². The molecule has 194 valence electrons. The number of piperazine rings is 1. The molecule has 10 heteroatoms. The maximum absolute atomic E-state index is 13.5. The number of carbonyl (C=O) groups is 1. The lowest BCUT2D eigenvalue weighted by Gasteiger charge is -2.37. The standard InChI is InChI=1S/C26H36N6O3S/c1-4-10-22(5-2)35-36-29(3)31-16-9-13-21(19-31)32-24(20-11-7-6-8-12-20)23(28-26(32)34)25(33)30-17-14-27-15-18-30/h4-8,10-12,21,27H,9,13-19H2,1-3H3,(H,28,34)/b10-4-,22-5+. The molecule has 2 saturated heterocycles. The monoisotopic (exact) mass is 512 g/mol. The second-order valence-electron chi connectivity index (χ2n) is 8.95. The van der Waals surface area contributed by atoms with E-state index in [9.17, 15) is 9.59 Å². The van der Waals surface area contributed by atoms with Gasteiger partial charge in [-0.15, -0.1) is 0 Å². The van der Waals surface area contributed by atoms with Crippen molar-refractivity contribution in [1.82, 2.24) is 29.2 Å². The number of H-pyrrole nitrogens is 1. The number of nitrogens with zero attached hydrogens (tertiary/aromatic N) is 4. The third-order valence-electron chi connectivity index (χ3n) is 6.59. The van der Waals surface area contributed by atoms with Crippen molar-refractivity contribution in [3.63, 3.8) is 0 Å². The Hall–Kier alpha value is -2.79. The van der Waals surface area contributed by atoms with Gasteiger partial charge in [0.25, 0.3) is 5.91 Å². The Morgan fingerprint density at radius 3 is 2.61 bits per heavy atom. The molecule has 0 bridgehead atoms. The highest BCUT2D eigenvalue weighted by Gasteiger charge is 2.32. The van der Waals surface area contributed by atoms with Gasteiger partial charge in [0.1, 0.15) is 11.5 Å². The molecule has 1 aromatic heterocycles. The van der Waals surface area contributed by atoms with Gasteiger partial charge in [0.2, 0.25) is 0 Å². The van der Waals surface area contributed by atoms with Crippen LogP contribution in [-0.2, 0) is 4.18 Å². The summed E-state index contributed by atoms with van der Waals surface area (Å²) in [4.78, 5) is 31.6. The number of aromatic amines is 1. The number of hydrogen-bond acceptors (Lipinski definition) is 7. The zero-order chi connectivity index (χ0) is 25.5. The van der Waals surface area contributed by atoms with Crippen LogP contribution in [0, 0.1) is 0 Å². The van der Waals surface area contributed by atoms with E-state index in [0.717, 1.165) is 43.8 Å². The Balaban J connectivity index is 1.61. The SMILES string of the molecule is C/C=C\C(=C/C)OSN(C)N1CCCC(n2c(-c3ccccc3)c(C(=O)N3CCNCC3)[nH]c2=O)C1. The summed E-state index contributed by atoms with van der Waals surface area (Å²) in [7, 11) is 1.97. The fourth-order valence-corrected chi connectivity index (χ4v) is 5.33. The summed E-state index contributed by atoms with van der Waals surface area (Å²) in [5.74, 6) is 0.662. The number of imidazole rings is 1. The molecular formula is C26H36N6O3S. The first kappa shape index (κ1) is 26.3. The van der Waals surface area contributed by atoms with Gasteiger partial charge < -0.3 is 19.4 Å². The molecule has 9 nitrogen and oxygen atoms in total. The number of allylic oxidation sites excluding steroid dienone is 3. The minimum atomic E-state index is -0.241. The summed E-state index contributed by atoms with van der Waals surface area (Å²) in [6.45, 7) is 8.16. The highest BCUT2D eigenvalue weighted by atomic mass is 32.2. The molecule has 0 radical (unpaired) electrons. The molecule has 0 saturated carbocycles. The number of amides is 1. The van der Waals surface area contributed by atoms with Crippen molar-refractivity contribution in [2.24, 2.45) is 0 Å². The predicted molar refractivity (Wildman–Crippen MR) is 144 cm³/mol. The average Bonchev–Trinajstić information content (AvgIpc) is 3.28. The summed E-state index contributed by atoms with van der Waals surface area (Å²) in [6.07, 6.45) is 7.56. The zero-order valence-electron chi connectivity index (χ0n) is 21.3. The molecule has 1 atom stereocenters. The van der Waals surface area contributed by atoms with Crippen molar-refractivity contribution in [1.29, 1.82) is 0 Å². The Morgan fingerprint density at radius 1 is 1.17 bits per heavy atom. The maximum atomic E-state index is 13.5. The highest BCUT2D eigenvalue weighted by Crippen LogP contribution is 2.31. The van der Waals surface area contributed by atoms with Crippen LogP contribution in [0.3, 0.4) is 0 Å². The summed E-state index contributed by atoms with van der Waals surface area (Å²) >= 11 is 1.26. The lowest BCUT2D eigenvalue weighted by atomic mass is 10.0. The van der Waals surface area contributed by atoms with Gasteiger partial charge in [-0.05, 0) is 38.8 Å². The summed E-state index contributed by atoms with van der Waals surface area (Å²) in [5, 5.41) is 5.47. The molecular weight excluding hydrogens is 476 g/mol. The molecule has 1 amide bonds. The first-order valence-corrected chi connectivity index (χ1v) is 13.3. The molecule has 2 aliphatic rings. The summed E-state index contributed by atoms with van der Waals surface area (Å²) < 4.78 is 9.63. The summed E-state index contributed by atoms with van der Waals surface area (Å²) in [5.41, 5.74) is 1.67. The molecule has 36 heavy (non-hydrogen) atoms. The number of benzene rings is 1. The number of piperidine rings is 1. The van der Waals surface area contributed by atoms with Gasteiger partial charge in [-0.2, -0.15) is 4.41 Å². The van der Waals surface area contributed by atoms with Crippen LogP contribution in [0.25, 0.3) is 11.3 Å². The molecule has 1 aromatic carbocycles. The third kappa shape index (κ3) is 5.95. The predicted octanol–water partition coefficient (Wildman–Crippen LogP) is 3.43. The molecule has 1 unspecified atom stereocenters. The van der Waals surface area contributed by atoms with E-state index in [-0.39, 0.29) is 17.6 Å². The van der Waals surface area contributed by atoms with E-state index in [2.05, 4.69) is 15.3 Å². The van der Waals surface area contributed by atoms with Gasteiger partial charge in [0.05, 0.1) is 11.7 Å². The van der Waals surface area contributed by atoms with Crippen LogP contribution in [0.15, 0.2) is 59.1 Å². The molecule has 2 aromatic rings. The maximum Gasteiger partial charge on any atom is 0.326 e. The van der Waals surface area contributed by atoms with Crippen molar-refractivity contribution in [3.05, 3.63) is 70.5 Å². The van der Waals surface area contributed by atoms with E-state index in [1.165, 1.54) is 12.2 Å². The normalized spacial score (nSPS) is 19.8. The first-order chi connectivity index (χ1) is 17.5. The number of hydrazine groups is 1. The molecule has 2 N–H and O–H groups in total. The van der Waals surface area contributed by atoms with Crippen LogP contribution in [0.1, 0.15) is 43.2 Å². The van der Waals surface area contributed by atoms with E-state index in [1.54, 1.807) is 4.57 Å². The number of aromatic nitrogens is 2. The van der Waals surface area contributed by atoms with Gasteiger partial charge in [-0.1, -0.05) is 36.4 Å². The zero-order valence-corrected chi connectivity index (χ0v) is 22.1. The number of hydrogen-bond donors (Lipinski definition) is 2. The Kier molecular flexibility index (Phi) is 9.08. The van der Waals surface area contributed by atoms with Crippen molar-refractivity contribution in [3.8, 4) is 11.3 Å². The van der Waals surface area contributed by atoms with Crippen LogP contribution >= 0.6 is 12.2 Å². The average molecular weight is 513 g/mol. The van der Waals surface area contributed by atoms with Gasteiger partial charge in [0, 0.05) is 51.9 Å². The van der Waals surface area contributed by atoms with Crippen LogP contribution in [0.5, 0.6) is 0 Å². The van der Waals surface area contributed by atoms with Crippen LogP contribution in [-0.4, -0.2) is 76.1 Å². The van der Waals surface area contributed by atoms with Gasteiger partial charge in [-0.25, -0.2) is 9.80 Å². The molecule has 4 rings (SSSR count). The minimum absolute atomic E-state index is 0.0814. The van der Waals surface area contributed by atoms with E-state index < -0.39 is 0 Å². The Morgan fingerprint density at radius 2 is 1.92 bits per heavy atom. The Labute approximate surface area is 217 Å². The molecule has 3 heterocycles. The van der Waals surface area contributed by atoms with E-state index in [1.807, 2.05) is 78.8 Å². The second kappa shape index (κ2) is 12.4. The van der Waals surface area contributed by atoms with Crippen molar-refractivity contribution in [2.45, 2.75) is 32.7 Å². The quantitative estimate of drug-likeness (QED) is 0.243. The summed E-state index contributed by atoms with van der Waals surface area (Å²) in [6, 6.07) is 9.66. The van der Waals surface area contributed by atoms with Crippen molar-refractivity contribution in [2.75, 3.05) is 46.3 Å². The third-order valence-corrected chi connectivity index (χ3v) is 7.30. The fourth-order valence-electron chi connectivity index (χ4n) is 4.74. The smallest absolute Gasteiger partial charge is 0.326 e. The first-order valence-electron chi connectivity index (χ1n) is 12.6. The minimum Gasteiger partial charge on any atom is -0.409 e. The van der Waals surface area contributed by atoms with E-state index in [0.29, 0.717) is 31.0 Å². The largest absolute Gasteiger partial charge is 0.409 e. The lowest BCUT2D eigenvalue weighted by molar-refractivity contribution is 0.0413. The van der Waals surface area contributed by atoms with Gasteiger partial charge >= 0.3 is 5.69 Å². The van der Waals surface area contributed by atoms with E-state index in [4.69, 9.17) is 4.18 Å². The van der Waals surface area contributed by atoms with Gasteiger partial charge in [-0.3, -0.25) is 9.36 Å². The molecule has 2 aliphatic heterocycles. The topological polar surface area (TPSA) is 85.8 Å². The van der Waals surface area contributed by atoms with Crippen LogP contribution in [0.4, 0.5) is 0 Å². The molecule has 0 spiro atoms. The number of nitrogens with one attached hydrogen (secondary N) is 2.